The van der Waals surface area contributed by atoms with E-state index in [4.69, 9.17) is 17.3 Å². The maximum Gasteiger partial charge on any atom is 0.133 e. The minimum Gasteiger partial charge on any atom is -0.330 e. The number of benzene rings is 1. The Morgan fingerprint density at radius 3 is 2.50 bits per heavy atom. The van der Waals surface area contributed by atoms with E-state index in [1.807, 2.05) is 30.3 Å². The normalized spacial score (nSPS) is 10.3. The van der Waals surface area contributed by atoms with Crippen LogP contribution in [-0.4, -0.2) is 18.1 Å². The number of nitrogens with two attached hydrogens (primary N) is 1. The second kappa shape index (κ2) is 6.38. The zero-order valence-electron chi connectivity index (χ0n) is 10.1. The first-order valence-electron chi connectivity index (χ1n) is 5.95. The van der Waals surface area contributed by atoms with Gasteiger partial charge in [0.15, 0.2) is 0 Å². The molecule has 94 valence electrons. The van der Waals surface area contributed by atoms with Gasteiger partial charge in [-0.15, -0.1) is 0 Å². The first-order valence-corrected chi connectivity index (χ1v) is 6.33. The Hall–Kier alpha value is -1.58. The quantitative estimate of drug-likeness (QED) is 0.899. The summed E-state index contributed by atoms with van der Waals surface area (Å²) >= 11 is 5.87. The van der Waals surface area contributed by atoms with E-state index < -0.39 is 0 Å². The number of pyridine rings is 1. The molecule has 0 amide bonds. The molecule has 1 aromatic carbocycles. The highest BCUT2D eigenvalue weighted by Crippen LogP contribution is 2.24. The highest BCUT2D eigenvalue weighted by molar-refractivity contribution is 6.30. The average Bonchev–Trinajstić information content (AvgIpc) is 2.42. The number of para-hydroxylation sites is 1. The van der Waals surface area contributed by atoms with Crippen LogP contribution in [0.4, 0.5) is 11.5 Å². The molecule has 18 heavy (non-hydrogen) atoms. The SMILES string of the molecule is NCCCN(c1ccccc1)c1ccc(Cl)cn1. The molecule has 1 heterocycles. The van der Waals surface area contributed by atoms with Gasteiger partial charge in [-0.2, -0.15) is 0 Å². The predicted molar refractivity (Wildman–Crippen MR) is 76.4 cm³/mol. The lowest BCUT2D eigenvalue weighted by Gasteiger charge is -2.23. The Morgan fingerprint density at radius 2 is 1.89 bits per heavy atom. The van der Waals surface area contributed by atoms with Crippen molar-refractivity contribution in [2.45, 2.75) is 6.42 Å². The van der Waals surface area contributed by atoms with E-state index in [0.717, 1.165) is 24.5 Å². The van der Waals surface area contributed by atoms with Crippen LogP contribution in [0.1, 0.15) is 6.42 Å². The molecule has 0 saturated carbocycles. The number of hydrogen-bond acceptors (Lipinski definition) is 3. The van der Waals surface area contributed by atoms with Crippen LogP contribution < -0.4 is 10.6 Å². The van der Waals surface area contributed by atoms with Gasteiger partial charge in [-0.3, -0.25) is 0 Å². The summed E-state index contributed by atoms with van der Waals surface area (Å²) < 4.78 is 0. The van der Waals surface area contributed by atoms with Gasteiger partial charge >= 0.3 is 0 Å². The number of aromatic nitrogens is 1. The summed E-state index contributed by atoms with van der Waals surface area (Å²) in [5.41, 5.74) is 6.70. The smallest absolute Gasteiger partial charge is 0.133 e. The summed E-state index contributed by atoms with van der Waals surface area (Å²) in [6.07, 6.45) is 2.58. The molecule has 1 aromatic heterocycles. The fourth-order valence-electron chi connectivity index (χ4n) is 1.76. The summed E-state index contributed by atoms with van der Waals surface area (Å²) in [4.78, 5) is 6.50. The minimum atomic E-state index is 0.644. The lowest BCUT2D eigenvalue weighted by atomic mass is 10.2. The topological polar surface area (TPSA) is 42.1 Å². The van der Waals surface area contributed by atoms with Crippen molar-refractivity contribution in [1.29, 1.82) is 0 Å². The summed E-state index contributed by atoms with van der Waals surface area (Å²) in [7, 11) is 0. The van der Waals surface area contributed by atoms with E-state index in [9.17, 15) is 0 Å². The van der Waals surface area contributed by atoms with Gasteiger partial charge in [0, 0.05) is 18.4 Å². The van der Waals surface area contributed by atoms with Gasteiger partial charge in [0.2, 0.25) is 0 Å². The van der Waals surface area contributed by atoms with Crippen molar-refractivity contribution in [3.05, 3.63) is 53.7 Å². The molecule has 0 unspecified atom stereocenters. The monoisotopic (exact) mass is 261 g/mol. The zero-order chi connectivity index (χ0) is 12.8. The van der Waals surface area contributed by atoms with Crippen LogP contribution >= 0.6 is 11.6 Å². The van der Waals surface area contributed by atoms with Gasteiger partial charge in [0.1, 0.15) is 5.82 Å². The van der Waals surface area contributed by atoms with Crippen LogP contribution in [0.3, 0.4) is 0 Å². The lowest BCUT2D eigenvalue weighted by molar-refractivity contribution is 0.810. The van der Waals surface area contributed by atoms with Crippen molar-refractivity contribution < 1.29 is 0 Å². The number of halogens is 1. The van der Waals surface area contributed by atoms with E-state index in [1.54, 1.807) is 6.20 Å². The van der Waals surface area contributed by atoms with Crippen molar-refractivity contribution in [1.82, 2.24) is 4.98 Å². The first kappa shape index (κ1) is 12.9. The van der Waals surface area contributed by atoms with E-state index in [-0.39, 0.29) is 0 Å². The molecular weight excluding hydrogens is 246 g/mol. The fraction of sp³-hybridized carbons (Fsp3) is 0.214. The second-order valence-corrected chi connectivity index (χ2v) is 4.40. The summed E-state index contributed by atoms with van der Waals surface area (Å²) in [6, 6.07) is 13.9. The van der Waals surface area contributed by atoms with Crippen LogP contribution in [-0.2, 0) is 0 Å². The van der Waals surface area contributed by atoms with Gasteiger partial charge in [0.25, 0.3) is 0 Å². The Kier molecular flexibility index (Phi) is 4.56. The third-order valence-electron chi connectivity index (χ3n) is 2.64. The van der Waals surface area contributed by atoms with E-state index in [2.05, 4.69) is 22.0 Å². The third-order valence-corrected chi connectivity index (χ3v) is 2.87. The molecule has 4 heteroatoms. The lowest BCUT2D eigenvalue weighted by Crippen LogP contribution is -2.21. The molecule has 0 radical (unpaired) electrons. The predicted octanol–water partition coefficient (Wildman–Crippen LogP) is 3.22. The third kappa shape index (κ3) is 3.22. The number of anilines is 2. The molecule has 0 bridgehead atoms. The van der Waals surface area contributed by atoms with Crippen LogP contribution in [0, 0.1) is 0 Å². The Morgan fingerprint density at radius 1 is 1.11 bits per heavy atom. The molecule has 0 aliphatic heterocycles. The van der Waals surface area contributed by atoms with E-state index in [0.29, 0.717) is 11.6 Å². The number of nitrogens with zero attached hydrogens (tertiary/aromatic N) is 2. The van der Waals surface area contributed by atoms with Crippen molar-refractivity contribution in [2.24, 2.45) is 5.73 Å². The highest BCUT2D eigenvalue weighted by Gasteiger charge is 2.09. The van der Waals surface area contributed by atoms with E-state index in [1.165, 1.54) is 0 Å². The minimum absolute atomic E-state index is 0.644. The van der Waals surface area contributed by atoms with Crippen LogP contribution in [0.15, 0.2) is 48.7 Å². The molecular formula is C14H16ClN3. The average molecular weight is 262 g/mol. The molecule has 3 nitrogen and oxygen atoms in total. The molecule has 2 rings (SSSR count). The molecule has 0 fully saturated rings. The maximum absolute atomic E-state index is 5.87. The van der Waals surface area contributed by atoms with Crippen LogP contribution in [0.2, 0.25) is 5.02 Å². The summed E-state index contributed by atoms with van der Waals surface area (Å²) in [5.74, 6) is 0.888. The fourth-order valence-corrected chi connectivity index (χ4v) is 1.87. The van der Waals surface area contributed by atoms with Crippen molar-refractivity contribution >= 4 is 23.1 Å². The Labute approximate surface area is 112 Å². The number of hydrogen-bond donors (Lipinski definition) is 1. The standard InChI is InChI=1S/C14H16ClN3/c15-12-7-8-14(17-11-12)18(10-4-9-16)13-5-2-1-3-6-13/h1-3,5-8,11H,4,9-10,16H2. The molecule has 0 aliphatic rings. The zero-order valence-corrected chi connectivity index (χ0v) is 10.8. The number of rotatable bonds is 5. The molecule has 0 saturated heterocycles. The van der Waals surface area contributed by atoms with Gasteiger partial charge in [0.05, 0.1) is 5.02 Å². The summed E-state index contributed by atoms with van der Waals surface area (Å²) in [5, 5.41) is 0.644. The largest absolute Gasteiger partial charge is 0.330 e. The molecule has 0 atom stereocenters. The molecule has 2 N–H and O–H groups in total. The molecule has 2 aromatic rings. The van der Waals surface area contributed by atoms with Gasteiger partial charge in [-0.1, -0.05) is 29.8 Å². The van der Waals surface area contributed by atoms with Gasteiger partial charge in [-0.05, 0) is 37.2 Å². The summed E-state index contributed by atoms with van der Waals surface area (Å²) in [6.45, 7) is 1.51. The van der Waals surface area contributed by atoms with Crippen molar-refractivity contribution in [3.8, 4) is 0 Å². The Bertz CT molecular complexity index is 470. The first-order chi connectivity index (χ1) is 8.81. The van der Waals surface area contributed by atoms with Gasteiger partial charge < -0.3 is 10.6 Å². The molecule has 0 aliphatic carbocycles. The van der Waals surface area contributed by atoms with Crippen LogP contribution in [0.25, 0.3) is 0 Å². The second-order valence-electron chi connectivity index (χ2n) is 3.96. The van der Waals surface area contributed by atoms with Crippen molar-refractivity contribution in [3.63, 3.8) is 0 Å². The maximum atomic E-state index is 5.87. The Balaban J connectivity index is 2.27. The van der Waals surface area contributed by atoms with E-state index >= 15 is 0 Å². The highest BCUT2D eigenvalue weighted by atomic mass is 35.5. The van der Waals surface area contributed by atoms with Gasteiger partial charge in [-0.25, -0.2) is 4.98 Å². The molecule has 0 spiro atoms. The van der Waals surface area contributed by atoms with Crippen LogP contribution in [0.5, 0.6) is 0 Å². The van der Waals surface area contributed by atoms with Crippen molar-refractivity contribution in [2.75, 3.05) is 18.0 Å².